The maximum Gasteiger partial charge on any atom is 0.0749 e. The Labute approximate surface area is 120 Å². The summed E-state index contributed by atoms with van der Waals surface area (Å²) in [4.78, 5) is 5.11. The lowest BCUT2D eigenvalue weighted by atomic mass is 9.95. The van der Waals surface area contributed by atoms with Gasteiger partial charge in [-0.15, -0.1) is 0 Å². The zero-order chi connectivity index (χ0) is 15.1. The molecule has 0 radical (unpaired) electrons. The first-order valence-corrected chi connectivity index (χ1v) is 7.42. The molecule has 0 unspecified atom stereocenters. The summed E-state index contributed by atoms with van der Waals surface area (Å²) >= 11 is 0. The van der Waals surface area contributed by atoms with Crippen molar-refractivity contribution in [3.05, 3.63) is 0 Å². The van der Waals surface area contributed by atoms with Crippen molar-refractivity contribution in [2.75, 3.05) is 27.2 Å². The molecule has 0 saturated carbocycles. The Kier molecular flexibility index (Phi) is 4.76. The topological polar surface area (TPSA) is 15.7 Å². The molecule has 114 valence electrons. The number of likely N-dealkylation sites (tertiary alicyclic amines) is 1. The van der Waals surface area contributed by atoms with Gasteiger partial charge in [0.2, 0.25) is 0 Å². The first-order chi connectivity index (χ1) is 8.39. The summed E-state index contributed by atoms with van der Waals surface area (Å²) < 4.78 is 5.56. The highest BCUT2D eigenvalue weighted by Crippen LogP contribution is 2.36. The third-order valence-electron chi connectivity index (χ3n) is 4.48. The van der Waals surface area contributed by atoms with Crippen molar-refractivity contribution in [1.82, 2.24) is 9.80 Å². The van der Waals surface area contributed by atoms with Crippen molar-refractivity contribution in [2.24, 2.45) is 0 Å². The van der Waals surface area contributed by atoms with Crippen LogP contribution in [-0.2, 0) is 4.74 Å². The molecular formula is C16H34N2O. The van der Waals surface area contributed by atoms with E-state index in [4.69, 9.17) is 4.74 Å². The Morgan fingerprint density at radius 2 is 1.74 bits per heavy atom. The van der Waals surface area contributed by atoms with Crippen molar-refractivity contribution < 1.29 is 4.74 Å². The zero-order valence-electron chi connectivity index (χ0n) is 14.5. The standard InChI is InChI=1S/C16H34N2O/c1-14(2,3)18-11-13(10-15(18,4)5)17(8)12-16(6,7)19-9/h13H,10-12H2,1-9H3/t13-/m0/s1. The molecule has 0 aliphatic carbocycles. The quantitative estimate of drug-likeness (QED) is 0.781. The Balaban J connectivity index is 2.73. The third-order valence-corrected chi connectivity index (χ3v) is 4.48. The average Bonchev–Trinajstić information content (AvgIpc) is 2.53. The van der Waals surface area contributed by atoms with Gasteiger partial charge in [-0.05, 0) is 61.9 Å². The number of rotatable bonds is 4. The van der Waals surface area contributed by atoms with Crippen LogP contribution in [0.3, 0.4) is 0 Å². The van der Waals surface area contributed by atoms with Gasteiger partial charge in [-0.3, -0.25) is 9.80 Å². The molecule has 1 aliphatic heterocycles. The predicted molar refractivity (Wildman–Crippen MR) is 82.7 cm³/mol. The van der Waals surface area contributed by atoms with Gasteiger partial charge >= 0.3 is 0 Å². The molecule has 3 heteroatoms. The molecule has 1 heterocycles. The molecular weight excluding hydrogens is 236 g/mol. The summed E-state index contributed by atoms with van der Waals surface area (Å²) in [5.74, 6) is 0. The van der Waals surface area contributed by atoms with Crippen molar-refractivity contribution >= 4 is 0 Å². The number of ether oxygens (including phenoxy) is 1. The minimum Gasteiger partial charge on any atom is -0.377 e. The molecule has 1 fully saturated rings. The van der Waals surface area contributed by atoms with E-state index in [-0.39, 0.29) is 16.7 Å². The van der Waals surface area contributed by atoms with E-state index in [9.17, 15) is 0 Å². The lowest BCUT2D eigenvalue weighted by molar-refractivity contribution is -0.0106. The van der Waals surface area contributed by atoms with Crippen LogP contribution in [0.2, 0.25) is 0 Å². The molecule has 0 amide bonds. The SMILES string of the molecule is COC(C)(C)CN(C)[C@@H]1CN(C(C)(C)C)C(C)(C)C1. The van der Waals surface area contributed by atoms with Crippen LogP contribution in [0.25, 0.3) is 0 Å². The molecule has 0 N–H and O–H groups in total. The molecule has 1 rings (SSSR count). The van der Waals surface area contributed by atoms with Gasteiger partial charge in [-0.2, -0.15) is 0 Å². The van der Waals surface area contributed by atoms with Gasteiger partial charge in [-0.25, -0.2) is 0 Å². The third kappa shape index (κ3) is 4.17. The Bertz CT molecular complexity index is 304. The van der Waals surface area contributed by atoms with Gasteiger partial charge in [0.1, 0.15) is 0 Å². The van der Waals surface area contributed by atoms with Crippen molar-refractivity contribution in [2.45, 2.75) is 77.6 Å². The van der Waals surface area contributed by atoms with Gasteiger partial charge in [0.05, 0.1) is 5.60 Å². The Morgan fingerprint density at radius 1 is 1.21 bits per heavy atom. The summed E-state index contributed by atoms with van der Waals surface area (Å²) in [6.07, 6.45) is 1.22. The maximum absolute atomic E-state index is 5.56. The fourth-order valence-corrected chi connectivity index (χ4v) is 3.48. The molecule has 1 atom stereocenters. The van der Waals surface area contributed by atoms with Crippen LogP contribution in [0.15, 0.2) is 0 Å². The maximum atomic E-state index is 5.56. The Hall–Kier alpha value is -0.120. The normalized spacial score (nSPS) is 25.3. The minimum atomic E-state index is -0.0754. The van der Waals surface area contributed by atoms with Crippen molar-refractivity contribution in [1.29, 1.82) is 0 Å². The lowest BCUT2D eigenvalue weighted by Crippen LogP contribution is -2.50. The number of hydrogen-bond acceptors (Lipinski definition) is 3. The van der Waals surface area contributed by atoms with E-state index in [1.54, 1.807) is 7.11 Å². The van der Waals surface area contributed by atoms with E-state index in [0.29, 0.717) is 6.04 Å². The fraction of sp³-hybridized carbons (Fsp3) is 1.00. The van der Waals surface area contributed by atoms with Crippen molar-refractivity contribution in [3.8, 4) is 0 Å². The first-order valence-electron chi connectivity index (χ1n) is 7.42. The average molecular weight is 270 g/mol. The second kappa shape index (κ2) is 5.34. The van der Waals surface area contributed by atoms with Crippen LogP contribution in [0.5, 0.6) is 0 Å². The largest absolute Gasteiger partial charge is 0.377 e. The summed E-state index contributed by atoms with van der Waals surface area (Å²) in [6.45, 7) is 18.1. The number of nitrogens with zero attached hydrogens (tertiary/aromatic N) is 2. The lowest BCUT2D eigenvalue weighted by Gasteiger charge is -2.42. The van der Waals surface area contributed by atoms with Gasteiger partial charge in [0.25, 0.3) is 0 Å². The second-order valence-corrected chi connectivity index (χ2v) is 8.33. The minimum absolute atomic E-state index is 0.0754. The second-order valence-electron chi connectivity index (χ2n) is 8.33. The smallest absolute Gasteiger partial charge is 0.0749 e. The molecule has 1 saturated heterocycles. The van der Waals surface area contributed by atoms with Crippen LogP contribution in [0.4, 0.5) is 0 Å². The van der Waals surface area contributed by atoms with Gasteiger partial charge in [0, 0.05) is 37.3 Å². The van der Waals surface area contributed by atoms with Crippen LogP contribution in [-0.4, -0.2) is 59.8 Å². The molecule has 0 spiro atoms. The number of methoxy groups -OCH3 is 1. The van der Waals surface area contributed by atoms with Crippen LogP contribution in [0, 0.1) is 0 Å². The molecule has 19 heavy (non-hydrogen) atoms. The van der Waals surface area contributed by atoms with E-state index in [0.717, 1.165) is 13.1 Å². The molecule has 0 aromatic heterocycles. The summed E-state index contributed by atoms with van der Waals surface area (Å²) in [5, 5.41) is 0. The van der Waals surface area contributed by atoms with E-state index in [2.05, 4.69) is 65.3 Å². The molecule has 1 aliphatic rings. The van der Waals surface area contributed by atoms with Crippen LogP contribution >= 0.6 is 0 Å². The summed E-state index contributed by atoms with van der Waals surface area (Å²) in [5.41, 5.74) is 0.429. The fourth-order valence-electron chi connectivity index (χ4n) is 3.48. The Morgan fingerprint density at radius 3 is 2.11 bits per heavy atom. The first kappa shape index (κ1) is 16.9. The molecule has 0 bridgehead atoms. The van der Waals surface area contributed by atoms with E-state index in [1.807, 2.05) is 0 Å². The molecule has 0 aromatic carbocycles. The molecule has 0 aromatic rings. The summed E-state index contributed by atoms with van der Waals surface area (Å²) in [7, 11) is 4.03. The highest BCUT2D eigenvalue weighted by atomic mass is 16.5. The van der Waals surface area contributed by atoms with Crippen LogP contribution < -0.4 is 0 Å². The highest BCUT2D eigenvalue weighted by molar-refractivity contribution is 5.01. The predicted octanol–water partition coefficient (Wildman–Crippen LogP) is 2.99. The highest BCUT2D eigenvalue weighted by Gasteiger charge is 2.45. The van der Waals surface area contributed by atoms with E-state index >= 15 is 0 Å². The summed E-state index contributed by atoms with van der Waals surface area (Å²) in [6, 6.07) is 0.614. The number of hydrogen-bond donors (Lipinski definition) is 0. The molecule has 3 nitrogen and oxygen atoms in total. The van der Waals surface area contributed by atoms with Gasteiger partial charge in [-0.1, -0.05) is 0 Å². The van der Waals surface area contributed by atoms with Gasteiger partial charge < -0.3 is 4.74 Å². The van der Waals surface area contributed by atoms with Gasteiger partial charge in [0.15, 0.2) is 0 Å². The number of likely N-dealkylation sites (N-methyl/N-ethyl adjacent to an activating group) is 1. The van der Waals surface area contributed by atoms with E-state index in [1.165, 1.54) is 6.42 Å². The van der Waals surface area contributed by atoms with E-state index < -0.39 is 0 Å². The zero-order valence-corrected chi connectivity index (χ0v) is 14.5. The van der Waals surface area contributed by atoms with Crippen molar-refractivity contribution in [3.63, 3.8) is 0 Å². The van der Waals surface area contributed by atoms with Crippen LogP contribution in [0.1, 0.15) is 54.9 Å². The monoisotopic (exact) mass is 270 g/mol.